The maximum atomic E-state index is 14.2. The first-order valence-electron chi connectivity index (χ1n) is 6.45. The number of morpholine rings is 1. The Morgan fingerprint density at radius 2 is 2.05 bits per heavy atom. The first-order chi connectivity index (χ1) is 9.22. The van der Waals surface area contributed by atoms with Crippen molar-refractivity contribution in [3.8, 4) is 0 Å². The highest BCUT2D eigenvalue weighted by atomic mass is 19.1. The molecule has 2 atom stereocenters. The first-order valence-corrected chi connectivity index (χ1v) is 6.45. The van der Waals surface area contributed by atoms with E-state index in [4.69, 9.17) is 9.47 Å². The molecule has 2 aliphatic heterocycles. The van der Waals surface area contributed by atoms with Gasteiger partial charge in [0.05, 0.1) is 43.7 Å². The number of halogens is 1. The Kier molecular flexibility index (Phi) is 3.14. The fourth-order valence-corrected chi connectivity index (χ4v) is 3.05. The van der Waals surface area contributed by atoms with Crippen molar-refractivity contribution in [3.63, 3.8) is 0 Å². The molecule has 102 valence electrons. The molecule has 1 aromatic carbocycles. The molecule has 2 fully saturated rings. The Labute approximate surface area is 111 Å². The van der Waals surface area contributed by atoms with Crippen molar-refractivity contribution in [1.29, 1.82) is 0 Å². The summed E-state index contributed by atoms with van der Waals surface area (Å²) < 4.78 is 24.5. The third-order valence-electron chi connectivity index (χ3n) is 3.89. The SMILES string of the molecule is COC(=O)c1cccc(F)c1N1C2CCC1COC2. The Balaban J connectivity index is 2.06. The molecule has 4 nitrogen and oxygen atoms in total. The topological polar surface area (TPSA) is 38.8 Å². The monoisotopic (exact) mass is 265 g/mol. The summed E-state index contributed by atoms with van der Waals surface area (Å²) in [6, 6.07) is 4.83. The summed E-state index contributed by atoms with van der Waals surface area (Å²) in [5.41, 5.74) is 0.659. The van der Waals surface area contributed by atoms with Crippen LogP contribution in [-0.2, 0) is 9.47 Å². The van der Waals surface area contributed by atoms with Gasteiger partial charge in [0.15, 0.2) is 0 Å². The minimum Gasteiger partial charge on any atom is -0.465 e. The second-order valence-corrected chi connectivity index (χ2v) is 4.96. The number of carbonyl (C=O) groups is 1. The molecule has 0 aromatic heterocycles. The van der Waals surface area contributed by atoms with Gasteiger partial charge in [-0.05, 0) is 25.0 Å². The van der Waals surface area contributed by atoms with E-state index >= 15 is 0 Å². The molecule has 0 spiro atoms. The zero-order chi connectivity index (χ0) is 13.4. The molecule has 5 heteroatoms. The third kappa shape index (κ3) is 1.98. The summed E-state index contributed by atoms with van der Waals surface area (Å²) in [5.74, 6) is -0.873. The van der Waals surface area contributed by atoms with Gasteiger partial charge in [-0.2, -0.15) is 0 Å². The van der Waals surface area contributed by atoms with Crippen LogP contribution in [0, 0.1) is 5.82 Å². The van der Waals surface area contributed by atoms with Gasteiger partial charge in [0.2, 0.25) is 0 Å². The number of anilines is 1. The highest BCUT2D eigenvalue weighted by molar-refractivity contribution is 5.96. The quantitative estimate of drug-likeness (QED) is 0.766. The maximum absolute atomic E-state index is 14.2. The van der Waals surface area contributed by atoms with Crippen LogP contribution in [-0.4, -0.2) is 38.4 Å². The number of rotatable bonds is 2. The number of para-hydroxylation sites is 1. The Bertz CT molecular complexity index is 489. The fraction of sp³-hybridized carbons (Fsp3) is 0.500. The van der Waals surface area contributed by atoms with Crippen molar-refractivity contribution in [1.82, 2.24) is 0 Å². The van der Waals surface area contributed by atoms with Crippen LogP contribution < -0.4 is 4.90 Å². The van der Waals surface area contributed by atoms with E-state index in [1.165, 1.54) is 19.2 Å². The van der Waals surface area contributed by atoms with Crippen molar-refractivity contribution >= 4 is 11.7 Å². The second kappa shape index (κ2) is 4.81. The molecule has 0 aliphatic carbocycles. The zero-order valence-electron chi connectivity index (χ0n) is 10.8. The van der Waals surface area contributed by atoms with Gasteiger partial charge < -0.3 is 14.4 Å². The van der Waals surface area contributed by atoms with Gasteiger partial charge in [-0.25, -0.2) is 9.18 Å². The Morgan fingerprint density at radius 1 is 1.37 bits per heavy atom. The molecule has 0 saturated carbocycles. The standard InChI is InChI=1S/C14H16FNO3/c1-18-14(17)11-3-2-4-12(15)13(11)16-9-5-6-10(16)8-19-7-9/h2-4,9-10H,5-8H2,1H3. The summed E-state index contributed by atoms with van der Waals surface area (Å²) in [7, 11) is 1.31. The Hall–Kier alpha value is -1.62. The van der Waals surface area contributed by atoms with Gasteiger partial charge in [-0.1, -0.05) is 6.07 Å². The lowest BCUT2D eigenvalue weighted by Crippen LogP contribution is -2.47. The van der Waals surface area contributed by atoms with E-state index in [1.54, 1.807) is 6.07 Å². The molecule has 0 amide bonds. The van der Waals surface area contributed by atoms with Crippen LogP contribution in [0.15, 0.2) is 18.2 Å². The van der Waals surface area contributed by atoms with Gasteiger partial charge in [0.1, 0.15) is 5.82 Å². The van der Waals surface area contributed by atoms with Gasteiger partial charge in [0, 0.05) is 0 Å². The number of esters is 1. The van der Waals surface area contributed by atoms with Crippen molar-refractivity contribution in [2.75, 3.05) is 25.2 Å². The van der Waals surface area contributed by atoms with Crippen molar-refractivity contribution in [2.45, 2.75) is 24.9 Å². The second-order valence-electron chi connectivity index (χ2n) is 4.96. The number of hydrogen-bond donors (Lipinski definition) is 0. The number of fused-ring (bicyclic) bond motifs is 2. The number of nitrogens with zero attached hydrogens (tertiary/aromatic N) is 1. The van der Waals surface area contributed by atoms with E-state index in [-0.39, 0.29) is 17.9 Å². The molecule has 2 bridgehead atoms. The third-order valence-corrected chi connectivity index (χ3v) is 3.89. The molecule has 2 aliphatic rings. The van der Waals surface area contributed by atoms with Crippen molar-refractivity contribution in [3.05, 3.63) is 29.6 Å². The number of methoxy groups -OCH3 is 1. The molecule has 1 aromatic rings. The van der Waals surface area contributed by atoms with Crippen LogP contribution in [0.1, 0.15) is 23.2 Å². The number of benzene rings is 1. The summed E-state index contributed by atoms with van der Waals surface area (Å²) >= 11 is 0. The van der Waals surface area contributed by atoms with Crippen LogP contribution in [0.2, 0.25) is 0 Å². The number of carbonyl (C=O) groups excluding carboxylic acids is 1. The average molecular weight is 265 g/mol. The lowest BCUT2D eigenvalue weighted by Gasteiger charge is -2.37. The fourth-order valence-electron chi connectivity index (χ4n) is 3.05. The van der Waals surface area contributed by atoms with Gasteiger partial charge in [-0.3, -0.25) is 0 Å². The Morgan fingerprint density at radius 3 is 2.68 bits per heavy atom. The van der Waals surface area contributed by atoms with Crippen LogP contribution in [0.5, 0.6) is 0 Å². The normalized spacial score (nSPS) is 25.5. The molecule has 2 saturated heterocycles. The van der Waals surface area contributed by atoms with Crippen LogP contribution in [0.25, 0.3) is 0 Å². The molecule has 0 radical (unpaired) electrons. The maximum Gasteiger partial charge on any atom is 0.340 e. The first kappa shape index (κ1) is 12.4. The summed E-state index contributed by atoms with van der Waals surface area (Å²) in [5, 5.41) is 0. The summed E-state index contributed by atoms with van der Waals surface area (Å²) in [6.45, 7) is 1.18. The largest absolute Gasteiger partial charge is 0.465 e. The van der Waals surface area contributed by atoms with E-state index in [0.29, 0.717) is 24.5 Å². The lowest BCUT2D eigenvalue weighted by atomic mass is 10.1. The molecular formula is C14H16FNO3. The van der Waals surface area contributed by atoms with Crippen molar-refractivity contribution in [2.24, 2.45) is 0 Å². The van der Waals surface area contributed by atoms with Crippen molar-refractivity contribution < 1.29 is 18.7 Å². The minimum atomic E-state index is -0.500. The smallest absolute Gasteiger partial charge is 0.340 e. The summed E-state index contributed by atoms with van der Waals surface area (Å²) in [6.07, 6.45) is 1.94. The molecule has 19 heavy (non-hydrogen) atoms. The summed E-state index contributed by atoms with van der Waals surface area (Å²) in [4.78, 5) is 13.8. The molecule has 0 N–H and O–H groups in total. The number of hydrogen-bond acceptors (Lipinski definition) is 4. The zero-order valence-corrected chi connectivity index (χ0v) is 10.8. The van der Waals surface area contributed by atoms with E-state index in [0.717, 1.165) is 12.8 Å². The van der Waals surface area contributed by atoms with Gasteiger partial charge >= 0.3 is 5.97 Å². The van der Waals surface area contributed by atoms with E-state index in [9.17, 15) is 9.18 Å². The molecular weight excluding hydrogens is 249 g/mol. The number of ether oxygens (including phenoxy) is 2. The van der Waals surface area contributed by atoms with Crippen LogP contribution in [0.4, 0.5) is 10.1 Å². The lowest BCUT2D eigenvalue weighted by molar-refractivity contribution is 0.0598. The molecule has 3 rings (SSSR count). The average Bonchev–Trinajstić information content (AvgIpc) is 2.67. The predicted octanol–water partition coefficient (Wildman–Crippen LogP) is 1.98. The van der Waals surface area contributed by atoms with E-state index < -0.39 is 5.97 Å². The molecule has 2 unspecified atom stereocenters. The van der Waals surface area contributed by atoms with Crippen LogP contribution >= 0.6 is 0 Å². The van der Waals surface area contributed by atoms with E-state index in [2.05, 4.69) is 0 Å². The van der Waals surface area contributed by atoms with E-state index in [1.807, 2.05) is 4.90 Å². The molecule has 2 heterocycles. The predicted molar refractivity (Wildman–Crippen MR) is 67.8 cm³/mol. The van der Waals surface area contributed by atoms with Gasteiger partial charge in [-0.15, -0.1) is 0 Å². The van der Waals surface area contributed by atoms with Gasteiger partial charge in [0.25, 0.3) is 0 Å². The highest BCUT2D eigenvalue weighted by Gasteiger charge is 2.40. The van der Waals surface area contributed by atoms with Crippen LogP contribution in [0.3, 0.4) is 0 Å². The highest BCUT2D eigenvalue weighted by Crippen LogP contribution is 2.37. The minimum absolute atomic E-state index is 0.152.